The van der Waals surface area contributed by atoms with Crippen LogP contribution in [-0.4, -0.2) is 67.5 Å². The van der Waals surface area contributed by atoms with E-state index in [4.69, 9.17) is 4.74 Å². The van der Waals surface area contributed by atoms with Crippen molar-refractivity contribution in [3.63, 3.8) is 0 Å². The molecular weight excluding hydrogens is 264 g/mol. The first-order valence-corrected chi connectivity index (χ1v) is 7.82. The summed E-state index contributed by atoms with van der Waals surface area (Å²) in [4.78, 5) is 4.51. The molecule has 0 saturated carbocycles. The first-order chi connectivity index (χ1) is 10.1. The van der Waals surface area contributed by atoms with E-state index in [-0.39, 0.29) is 6.10 Å². The molecule has 118 valence electrons. The van der Waals surface area contributed by atoms with Gasteiger partial charge in [-0.2, -0.15) is 0 Å². The average Bonchev–Trinajstić information content (AvgIpc) is 2.48. The number of likely N-dealkylation sites (N-methyl/N-ethyl adjacent to an activating group) is 1. The minimum atomic E-state index is -0.320. The van der Waals surface area contributed by atoms with Crippen molar-refractivity contribution < 1.29 is 9.84 Å². The van der Waals surface area contributed by atoms with E-state index in [9.17, 15) is 5.11 Å². The van der Waals surface area contributed by atoms with Crippen molar-refractivity contribution in [2.45, 2.75) is 26.0 Å². The Balaban J connectivity index is 1.85. The summed E-state index contributed by atoms with van der Waals surface area (Å²) in [5.74, 6) is 0. The zero-order chi connectivity index (χ0) is 15.2. The maximum Gasteiger partial charge on any atom is 0.0793 e. The fraction of sp³-hybridized carbons (Fsp3) is 0.647. The number of hydrogen-bond donors (Lipinski definition) is 1. The van der Waals surface area contributed by atoms with Crippen molar-refractivity contribution in [2.75, 3.05) is 46.4 Å². The summed E-state index contributed by atoms with van der Waals surface area (Å²) in [6.07, 6.45) is -0.320. The van der Waals surface area contributed by atoms with Crippen LogP contribution in [0.25, 0.3) is 0 Å². The van der Waals surface area contributed by atoms with Crippen molar-refractivity contribution >= 4 is 0 Å². The molecule has 4 heteroatoms. The molecule has 1 N–H and O–H groups in total. The van der Waals surface area contributed by atoms with Gasteiger partial charge in [0.1, 0.15) is 0 Å². The van der Waals surface area contributed by atoms with Crippen molar-refractivity contribution in [1.82, 2.24) is 9.80 Å². The van der Waals surface area contributed by atoms with E-state index in [0.29, 0.717) is 12.6 Å². The van der Waals surface area contributed by atoms with E-state index in [0.717, 1.165) is 32.8 Å². The van der Waals surface area contributed by atoms with Gasteiger partial charge in [0.2, 0.25) is 0 Å². The number of aryl methyl sites for hydroxylation is 1. The molecule has 2 unspecified atom stereocenters. The molecule has 2 rings (SSSR count). The van der Waals surface area contributed by atoms with E-state index >= 15 is 0 Å². The first-order valence-electron chi connectivity index (χ1n) is 7.82. The van der Waals surface area contributed by atoms with Gasteiger partial charge in [-0.25, -0.2) is 0 Å². The van der Waals surface area contributed by atoms with Gasteiger partial charge in [0.15, 0.2) is 0 Å². The zero-order valence-corrected chi connectivity index (χ0v) is 13.5. The van der Waals surface area contributed by atoms with Crippen LogP contribution in [0.3, 0.4) is 0 Å². The average molecular weight is 292 g/mol. The number of ether oxygens (including phenoxy) is 1. The van der Waals surface area contributed by atoms with E-state index in [1.54, 1.807) is 0 Å². The van der Waals surface area contributed by atoms with E-state index < -0.39 is 0 Å². The van der Waals surface area contributed by atoms with Crippen LogP contribution >= 0.6 is 0 Å². The third-order valence-electron chi connectivity index (χ3n) is 4.37. The number of nitrogens with zero attached hydrogens (tertiary/aromatic N) is 2. The Bertz CT molecular complexity index is 433. The summed E-state index contributed by atoms with van der Waals surface area (Å²) in [6.45, 7) is 9.17. The lowest BCUT2D eigenvalue weighted by Gasteiger charge is -2.32. The SMILES string of the molecule is Cc1ccccc1C(C)N(C)CC(O)CN1CCOCC1. The highest BCUT2D eigenvalue weighted by Crippen LogP contribution is 2.22. The highest BCUT2D eigenvalue weighted by molar-refractivity contribution is 5.28. The number of aliphatic hydroxyl groups excluding tert-OH is 1. The molecule has 1 aliphatic rings. The van der Waals surface area contributed by atoms with Gasteiger partial charge in [-0.05, 0) is 32.0 Å². The predicted molar refractivity (Wildman–Crippen MR) is 85.5 cm³/mol. The second-order valence-electron chi connectivity index (χ2n) is 6.04. The molecule has 0 amide bonds. The standard InChI is InChI=1S/C17H28N2O2/c1-14-6-4-5-7-17(14)15(2)18(3)12-16(20)13-19-8-10-21-11-9-19/h4-7,15-16,20H,8-13H2,1-3H3. The van der Waals surface area contributed by atoms with Crippen LogP contribution in [0.5, 0.6) is 0 Å². The molecular formula is C17H28N2O2. The van der Waals surface area contributed by atoms with Gasteiger partial charge in [0, 0.05) is 32.2 Å². The molecule has 1 fully saturated rings. The summed E-state index contributed by atoms with van der Waals surface area (Å²) in [6, 6.07) is 8.77. The second kappa shape index (κ2) is 7.90. The normalized spacial score (nSPS) is 19.7. The van der Waals surface area contributed by atoms with Crippen LogP contribution in [0.2, 0.25) is 0 Å². The van der Waals surface area contributed by atoms with Crippen LogP contribution in [0.1, 0.15) is 24.1 Å². The van der Waals surface area contributed by atoms with Gasteiger partial charge in [0.25, 0.3) is 0 Å². The Hall–Kier alpha value is -0.940. The molecule has 0 aromatic heterocycles. The number of morpholine rings is 1. The van der Waals surface area contributed by atoms with Gasteiger partial charge < -0.3 is 9.84 Å². The van der Waals surface area contributed by atoms with Crippen molar-refractivity contribution in [1.29, 1.82) is 0 Å². The van der Waals surface area contributed by atoms with Gasteiger partial charge in [0.05, 0.1) is 19.3 Å². The molecule has 1 aromatic rings. The predicted octanol–water partition coefficient (Wildman–Crippen LogP) is 1.68. The van der Waals surface area contributed by atoms with Crippen molar-refractivity contribution in [3.05, 3.63) is 35.4 Å². The smallest absolute Gasteiger partial charge is 0.0793 e. The summed E-state index contributed by atoms with van der Waals surface area (Å²) in [7, 11) is 2.08. The summed E-state index contributed by atoms with van der Waals surface area (Å²) < 4.78 is 5.34. The minimum absolute atomic E-state index is 0.311. The van der Waals surface area contributed by atoms with Crippen LogP contribution in [-0.2, 0) is 4.74 Å². The summed E-state index contributed by atoms with van der Waals surface area (Å²) in [5.41, 5.74) is 2.64. The van der Waals surface area contributed by atoms with Crippen LogP contribution < -0.4 is 0 Å². The Morgan fingerprint density at radius 1 is 1.29 bits per heavy atom. The van der Waals surface area contributed by atoms with E-state index in [1.165, 1.54) is 11.1 Å². The Labute approximate surface area is 128 Å². The van der Waals surface area contributed by atoms with Gasteiger partial charge in [-0.1, -0.05) is 24.3 Å². The van der Waals surface area contributed by atoms with Crippen LogP contribution in [0.4, 0.5) is 0 Å². The first kappa shape index (κ1) is 16.4. The maximum atomic E-state index is 10.3. The molecule has 0 aliphatic carbocycles. The number of benzene rings is 1. The second-order valence-corrected chi connectivity index (χ2v) is 6.04. The third-order valence-corrected chi connectivity index (χ3v) is 4.37. The number of hydrogen-bond acceptors (Lipinski definition) is 4. The molecule has 1 aliphatic heterocycles. The molecule has 0 spiro atoms. The number of rotatable bonds is 6. The lowest BCUT2D eigenvalue weighted by molar-refractivity contribution is 0.00624. The van der Waals surface area contributed by atoms with E-state index in [1.807, 2.05) is 0 Å². The molecule has 2 atom stereocenters. The molecule has 0 bridgehead atoms. The van der Waals surface area contributed by atoms with Crippen molar-refractivity contribution in [3.8, 4) is 0 Å². The van der Waals surface area contributed by atoms with E-state index in [2.05, 4.69) is 55.0 Å². The fourth-order valence-corrected chi connectivity index (χ4v) is 2.92. The molecule has 4 nitrogen and oxygen atoms in total. The van der Waals surface area contributed by atoms with Gasteiger partial charge in [-0.15, -0.1) is 0 Å². The van der Waals surface area contributed by atoms with Gasteiger partial charge in [-0.3, -0.25) is 9.80 Å². The van der Waals surface area contributed by atoms with Crippen molar-refractivity contribution in [2.24, 2.45) is 0 Å². The highest BCUT2D eigenvalue weighted by atomic mass is 16.5. The molecule has 1 aromatic carbocycles. The summed E-state index contributed by atoms with van der Waals surface area (Å²) >= 11 is 0. The molecule has 1 heterocycles. The molecule has 0 radical (unpaired) electrons. The minimum Gasteiger partial charge on any atom is -0.390 e. The quantitative estimate of drug-likeness (QED) is 0.865. The van der Waals surface area contributed by atoms with Crippen LogP contribution in [0.15, 0.2) is 24.3 Å². The fourth-order valence-electron chi connectivity index (χ4n) is 2.92. The monoisotopic (exact) mass is 292 g/mol. The van der Waals surface area contributed by atoms with Gasteiger partial charge >= 0.3 is 0 Å². The largest absolute Gasteiger partial charge is 0.390 e. The molecule has 21 heavy (non-hydrogen) atoms. The summed E-state index contributed by atoms with van der Waals surface area (Å²) in [5, 5.41) is 10.3. The number of aliphatic hydroxyl groups is 1. The zero-order valence-electron chi connectivity index (χ0n) is 13.5. The Morgan fingerprint density at radius 2 is 1.95 bits per heavy atom. The third kappa shape index (κ3) is 4.78. The lowest BCUT2D eigenvalue weighted by atomic mass is 10.0. The number of β-amino-alcohol motifs (C(OH)–C–C–N with tert-alkyl or cyclic N) is 1. The highest BCUT2D eigenvalue weighted by Gasteiger charge is 2.19. The Morgan fingerprint density at radius 3 is 2.62 bits per heavy atom. The molecule has 1 saturated heterocycles. The maximum absolute atomic E-state index is 10.3. The van der Waals surface area contributed by atoms with Crippen LogP contribution in [0, 0.1) is 6.92 Å². The Kier molecular flexibility index (Phi) is 6.18. The topological polar surface area (TPSA) is 35.9 Å². The lowest BCUT2D eigenvalue weighted by Crippen LogP contribution is -2.44.